The van der Waals surface area contributed by atoms with Crippen molar-refractivity contribution in [1.82, 2.24) is 0 Å². The van der Waals surface area contributed by atoms with E-state index in [0.29, 0.717) is 17.7 Å². The Morgan fingerprint density at radius 3 is 2.41 bits per heavy atom. The number of carboxylic acids is 1. The molecule has 0 spiro atoms. The van der Waals surface area contributed by atoms with Crippen LogP contribution in [-0.4, -0.2) is 21.3 Å². The van der Waals surface area contributed by atoms with Gasteiger partial charge in [-0.15, -0.1) is 6.54 Å². The van der Waals surface area contributed by atoms with E-state index in [2.05, 4.69) is 5.32 Å². The molecule has 0 atom stereocenters. The van der Waals surface area contributed by atoms with Crippen molar-refractivity contribution in [3.63, 3.8) is 0 Å². The van der Waals surface area contributed by atoms with Gasteiger partial charge in [-0.2, -0.15) is 0 Å². The summed E-state index contributed by atoms with van der Waals surface area (Å²) in [5.74, 6) is -0.699. The normalized spacial score (nSPS) is 9.82. The van der Waals surface area contributed by atoms with Crippen LogP contribution >= 0.6 is 0 Å². The number of hydrogen-bond donors (Lipinski definition) is 3. The first-order chi connectivity index (χ1) is 10.1. The number of aromatic hydroxyl groups is 2. The molecule has 116 valence electrons. The molecular formula is C16H16CrNO4-. The molecule has 0 aliphatic carbocycles. The van der Waals surface area contributed by atoms with Crippen LogP contribution in [0.15, 0.2) is 42.5 Å². The van der Waals surface area contributed by atoms with Crippen molar-refractivity contribution < 1.29 is 37.5 Å². The molecule has 2 aromatic rings. The SMILES string of the molecule is O=C(O)CCc1ccc([N-]Cc2ccccc2O)c(O)c1.[Cr]. The third-order valence-corrected chi connectivity index (χ3v) is 3.08. The Morgan fingerprint density at radius 1 is 1.05 bits per heavy atom. The van der Waals surface area contributed by atoms with Crippen LogP contribution in [0.1, 0.15) is 17.5 Å². The Bertz CT molecular complexity index is 646. The van der Waals surface area contributed by atoms with Gasteiger partial charge in [0.2, 0.25) is 0 Å². The van der Waals surface area contributed by atoms with Crippen molar-refractivity contribution in [3.8, 4) is 11.5 Å². The van der Waals surface area contributed by atoms with Gasteiger partial charge in [-0.05, 0) is 29.7 Å². The Morgan fingerprint density at radius 2 is 1.77 bits per heavy atom. The fraction of sp³-hybridized carbons (Fsp3) is 0.188. The molecule has 0 saturated carbocycles. The van der Waals surface area contributed by atoms with Crippen LogP contribution in [0.25, 0.3) is 5.32 Å². The zero-order chi connectivity index (χ0) is 15.2. The second kappa shape index (κ2) is 8.33. The molecule has 0 fully saturated rings. The number of hydrogen-bond acceptors (Lipinski definition) is 3. The van der Waals surface area contributed by atoms with E-state index in [0.717, 1.165) is 5.56 Å². The minimum absolute atomic E-state index is 0. The number of carboxylic acid groups (broad SMARTS) is 1. The Labute approximate surface area is 139 Å². The van der Waals surface area contributed by atoms with Crippen molar-refractivity contribution in [1.29, 1.82) is 0 Å². The van der Waals surface area contributed by atoms with Crippen molar-refractivity contribution >= 4 is 11.7 Å². The van der Waals surface area contributed by atoms with Crippen LogP contribution in [0, 0.1) is 0 Å². The number of phenols is 2. The molecule has 2 rings (SSSR count). The van der Waals surface area contributed by atoms with Crippen LogP contribution in [0.2, 0.25) is 0 Å². The van der Waals surface area contributed by atoms with E-state index >= 15 is 0 Å². The van der Waals surface area contributed by atoms with Gasteiger partial charge < -0.3 is 20.6 Å². The molecule has 0 aromatic heterocycles. The number of carbonyl (C=O) groups is 1. The molecule has 0 unspecified atom stereocenters. The summed E-state index contributed by atoms with van der Waals surface area (Å²) in [6.07, 6.45) is 0.385. The van der Waals surface area contributed by atoms with Crippen LogP contribution < -0.4 is 0 Å². The van der Waals surface area contributed by atoms with Gasteiger partial charge in [-0.3, -0.25) is 4.79 Å². The smallest absolute Gasteiger partial charge is 0.303 e. The summed E-state index contributed by atoms with van der Waals surface area (Å²) < 4.78 is 0. The van der Waals surface area contributed by atoms with Gasteiger partial charge in [-0.1, -0.05) is 36.0 Å². The molecule has 3 N–H and O–H groups in total. The molecule has 0 aliphatic rings. The van der Waals surface area contributed by atoms with Crippen LogP contribution in [0.4, 0.5) is 5.69 Å². The molecule has 0 saturated heterocycles. The zero-order valence-electron chi connectivity index (χ0n) is 11.8. The second-order valence-electron chi connectivity index (χ2n) is 4.66. The van der Waals surface area contributed by atoms with E-state index in [1.807, 2.05) is 0 Å². The maximum Gasteiger partial charge on any atom is 0.303 e. The van der Waals surface area contributed by atoms with Gasteiger partial charge in [0.25, 0.3) is 0 Å². The number of phenolic OH excluding ortho intramolecular Hbond substituents is 2. The van der Waals surface area contributed by atoms with E-state index < -0.39 is 5.97 Å². The molecule has 0 radical (unpaired) electrons. The number of benzene rings is 2. The molecule has 0 bridgehead atoms. The first kappa shape index (κ1) is 17.9. The maximum atomic E-state index is 10.5. The van der Waals surface area contributed by atoms with E-state index in [4.69, 9.17) is 5.11 Å². The fourth-order valence-electron chi connectivity index (χ4n) is 1.92. The van der Waals surface area contributed by atoms with Gasteiger partial charge in [0.15, 0.2) is 0 Å². The van der Waals surface area contributed by atoms with E-state index in [-0.39, 0.29) is 41.8 Å². The first-order valence-corrected chi connectivity index (χ1v) is 6.54. The minimum Gasteiger partial charge on any atom is -0.678 e. The van der Waals surface area contributed by atoms with Crippen LogP contribution in [-0.2, 0) is 35.1 Å². The van der Waals surface area contributed by atoms with Gasteiger partial charge in [0.05, 0.1) is 0 Å². The molecule has 6 heteroatoms. The van der Waals surface area contributed by atoms with Crippen LogP contribution in [0.5, 0.6) is 11.5 Å². The van der Waals surface area contributed by atoms with E-state index in [1.165, 1.54) is 6.07 Å². The number of rotatable bonds is 6. The summed E-state index contributed by atoms with van der Waals surface area (Å²) in [5.41, 5.74) is 1.83. The molecule has 0 heterocycles. The van der Waals surface area contributed by atoms with Crippen molar-refractivity contribution in [2.45, 2.75) is 19.4 Å². The summed E-state index contributed by atoms with van der Waals surface area (Å²) in [6.45, 7) is 0.259. The Balaban J connectivity index is 0.00000242. The van der Waals surface area contributed by atoms with E-state index in [1.54, 1.807) is 36.4 Å². The number of para-hydroxylation sites is 1. The van der Waals surface area contributed by atoms with Crippen molar-refractivity contribution in [2.24, 2.45) is 0 Å². The monoisotopic (exact) mass is 338 g/mol. The average molecular weight is 338 g/mol. The maximum absolute atomic E-state index is 10.5. The average Bonchev–Trinajstić information content (AvgIpc) is 2.45. The number of nitrogens with zero attached hydrogens (tertiary/aromatic N) is 1. The first-order valence-electron chi connectivity index (χ1n) is 6.54. The van der Waals surface area contributed by atoms with Gasteiger partial charge in [0, 0.05) is 23.8 Å². The van der Waals surface area contributed by atoms with Gasteiger partial charge in [0.1, 0.15) is 11.5 Å². The predicted molar refractivity (Wildman–Crippen MR) is 78.9 cm³/mol. The predicted octanol–water partition coefficient (Wildman–Crippen LogP) is 3.32. The Kier molecular flexibility index (Phi) is 6.77. The van der Waals surface area contributed by atoms with Crippen LogP contribution in [0.3, 0.4) is 0 Å². The number of aryl methyl sites for hydroxylation is 1. The van der Waals surface area contributed by atoms with Gasteiger partial charge in [-0.25, -0.2) is 0 Å². The minimum atomic E-state index is -0.872. The topological polar surface area (TPSA) is 91.9 Å². The molecule has 0 aliphatic heterocycles. The molecular weight excluding hydrogens is 322 g/mol. The summed E-state index contributed by atoms with van der Waals surface area (Å²) in [5, 5.41) is 32.4. The van der Waals surface area contributed by atoms with Gasteiger partial charge >= 0.3 is 5.97 Å². The summed E-state index contributed by atoms with van der Waals surface area (Å²) >= 11 is 0. The Hall–Kier alpha value is -2.16. The zero-order valence-corrected chi connectivity index (χ0v) is 13.0. The molecule has 2 aromatic carbocycles. The van der Waals surface area contributed by atoms with Crippen molar-refractivity contribution in [3.05, 3.63) is 58.9 Å². The standard InChI is InChI=1S/C16H16NO4.Cr/c18-14-4-2-1-3-12(14)10-17-13-7-5-11(9-15(13)19)6-8-16(20)21;/h1-5,7,9,18-19H,6,8,10H2,(H,20,21);/q-1;. The van der Waals surface area contributed by atoms with E-state index in [9.17, 15) is 15.0 Å². The molecule has 5 nitrogen and oxygen atoms in total. The quantitative estimate of drug-likeness (QED) is 0.753. The number of aliphatic carboxylic acids is 1. The molecule has 22 heavy (non-hydrogen) atoms. The third-order valence-electron chi connectivity index (χ3n) is 3.08. The fourth-order valence-corrected chi connectivity index (χ4v) is 1.92. The summed E-state index contributed by atoms with van der Waals surface area (Å²) in [4.78, 5) is 10.5. The summed E-state index contributed by atoms with van der Waals surface area (Å²) in [6, 6.07) is 11.8. The third kappa shape index (κ3) is 4.99. The summed E-state index contributed by atoms with van der Waals surface area (Å²) in [7, 11) is 0. The molecule has 0 amide bonds. The van der Waals surface area contributed by atoms with Crippen molar-refractivity contribution in [2.75, 3.05) is 0 Å². The largest absolute Gasteiger partial charge is 0.678 e. The second-order valence-corrected chi connectivity index (χ2v) is 4.66.